The molecule has 1 amide bonds. The predicted octanol–water partition coefficient (Wildman–Crippen LogP) is 1.77. The molecule has 0 aliphatic carbocycles. The molecule has 5 rings (SSSR count). The largest absolute Gasteiger partial charge is 0.384 e. The van der Waals surface area contributed by atoms with Gasteiger partial charge in [0.25, 0.3) is 5.91 Å². The van der Waals surface area contributed by atoms with Gasteiger partial charge in [-0.3, -0.25) is 4.79 Å². The third-order valence-electron chi connectivity index (χ3n) is 5.93. The maximum Gasteiger partial charge on any atom is 0.257 e. The number of ether oxygens (including phenoxy) is 1. The fourth-order valence-electron chi connectivity index (χ4n) is 4.17. The summed E-state index contributed by atoms with van der Waals surface area (Å²) in [5.74, 6) is -0.114. The average molecular weight is 481 g/mol. The first kappa shape index (κ1) is 22.3. The third-order valence-corrected chi connectivity index (χ3v) is 6.85. The van der Waals surface area contributed by atoms with Crippen molar-refractivity contribution in [2.24, 2.45) is 5.14 Å². The zero-order chi connectivity index (χ0) is 23.9. The molecule has 0 saturated carbocycles. The van der Waals surface area contributed by atoms with E-state index in [0.29, 0.717) is 35.3 Å². The lowest BCUT2D eigenvalue weighted by Gasteiger charge is -2.11. The molecule has 0 bridgehead atoms. The molecule has 1 unspecified atom stereocenters. The predicted molar refractivity (Wildman–Crippen MR) is 128 cm³/mol. The van der Waals surface area contributed by atoms with Crippen molar-refractivity contribution in [3.63, 3.8) is 0 Å². The summed E-state index contributed by atoms with van der Waals surface area (Å²) in [6.45, 7) is 1.35. The van der Waals surface area contributed by atoms with Gasteiger partial charge in [-0.2, -0.15) is 0 Å². The number of nitrogens with zero attached hydrogens (tertiary/aromatic N) is 3. The molecule has 2 aromatic heterocycles. The number of hydrogen-bond acceptors (Lipinski definition) is 7. The number of hydrogen-bond donors (Lipinski definition) is 3. The summed E-state index contributed by atoms with van der Waals surface area (Å²) < 4.78 is 30.5. The number of carbonyl (C=O) groups is 1. The third kappa shape index (κ3) is 4.20. The topological polar surface area (TPSA) is 155 Å². The Kier molecular flexibility index (Phi) is 5.68. The van der Waals surface area contributed by atoms with Crippen LogP contribution in [0, 0.1) is 0 Å². The first-order chi connectivity index (χ1) is 16.3. The summed E-state index contributed by atoms with van der Waals surface area (Å²) in [6.07, 6.45) is 1.86. The van der Waals surface area contributed by atoms with Gasteiger partial charge in [0.05, 0.1) is 28.6 Å². The molecule has 4 aromatic rings. The zero-order valence-electron chi connectivity index (χ0n) is 18.3. The molecule has 176 valence electrons. The van der Waals surface area contributed by atoms with Crippen LogP contribution in [-0.2, 0) is 21.3 Å². The highest BCUT2D eigenvalue weighted by molar-refractivity contribution is 7.89. The first-order valence-electron chi connectivity index (χ1n) is 10.9. The van der Waals surface area contributed by atoms with E-state index >= 15 is 0 Å². The highest BCUT2D eigenvalue weighted by Gasteiger charge is 2.25. The van der Waals surface area contributed by atoms with Gasteiger partial charge in [0.1, 0.15) is 16.9 Å². The number of primary sulfonamides is 1. The Morgan fingerprint density at radius 3 is 2.47 bits per heavy atom. The summed E-state index contributed by atoms with van der Waals surface area (Å²) in [6, 6.07) is 13.6. The van der Waals surface area contributed by atoms with Gasteiger partial charge in [-0.25, -0.2) is 23.5 Å². The highest BCUT2D eigenvalue weighted by atomic mass is 32.2. The van der Waals surface area contributed by atoms with E-state index in [1.165, 1.54) is 12.1 Å². The van der Waals surface area contributed by atoms with Crippen molar-refractivity contribution in [1.29, 1.82) is 0 Å². The van der Waals surface area contributed by atoms with Gasteiger partial charge in [0, 0.05) is 13.2 Å². The molecule has 1 aliphatic heterocycles. The molecular formula is C23H24N6O4S. The van der Waals surface area contributed by atoms with Crippen LogP contribution in [0.3, 0.4) is 0 Å². The van der Waals surface area contributed by atoms with Crippen LogP contribution in [0.4, 0.5) is 5.82 Å². The number of nitrogens with two attached hydrogens (primary N) is 2. The Labute approximate surface area is 196 Å². The van der Waals surface area contributed by atoms with Crippen molar-refractivity contribution in [3.05, 3.63) is 59.7 Å². The molecule has 10 nitrogen and oxygen atoms in total. The van der Waals surface area contributed by atoms with E-state index in [1.807, 2.05) is 24.3 Å². The van der Waals surface area contributed by atoms with Gasteiger partial charge in [0.15, 0.2) is 5.65 Å². The van der Waals surface area contributed by atoms with Crippen LogP contribution in [0.5, 0.6) is 0 Å². The van der Waals surface area contributed by atoms with Gasteiger partial charge in [-0.15, -0.1) is 0 Å². The summed E-state index contributed by atoms with van der Waals surface area (Å²) in [7, 11) is -3.80. The van der Waals surface area contributed by atoms with E-state index in [9.17, 15) is 13.2 Å². The number of carbonyl (C=O) groups excluding carboxylic acids is 1. The quantitative estimate of drug-likeness (QED) is 0.380. The molecule has 2 aromatic carbocycles. The molecule has 1 aliphatic rings. The van der Waals surface area contributed by atoms with Crippen molar-refractivity contribution >= 4 is 43.9 Å². The molecule has 1 saturated heterocycles. The number of anilines is 1. The Morgan fingerprint density at radius 1 is 1.12 bits per heavy atom. The maximum absolute atomic E-state index is 13.2. The number of rotatable bonds is 6. The molecule has 11 heteroatoms. The molecule has 3 heterocycles. The molecule has 0 radical (unpaired) electrons. The lowest BCUT2D eigenvalue weighted by Crippen LogP contribution is -2.32. The van der Waals surface area contributed by atoms with E-state index in [2.05, 4.69) is 5.32 Å². The highest BCUT2D eigenvalue weighted by Crippen LogP contribution is 2.29. The van der Waals surface area contributed by atoms with Crippen molar-refractivity contribution in [2.75, 3.05) is 18.9 Å². The number of sulfonamides is 1. The normalized spacial score (nSPS) is 16.3. The Bertz CT molecular complexity index is 1490. The second-order valence-corrected chi connectivity index (χ2v) is 9.83. The number of para-hydroxylation sites is 2. The van der Waals surface area contributed by atoms with E-state index < -0.39 is 10.0 Å². The Hall–Kier alpha value is -3.54. The van der Waals surface area contributed by atoms with Crippen LogP contribution in [-0.4, -0.2) is 48.1 Å². The van der Waals surface area contributed by atoms with Crippen LogP contribution in [0.1, 0.15) is 28.8 Å². The second-order valence-electron chi connectivity index (χ2n) is 8.26. The second kappa shape index (κ2) is 8.67. The Morgan fingerprint density at radius 2 is 1.82 bits per heavy atom. The fourth-order valence-corrected chi connectivity index (χ4v) is 4.68. The van der Waals surface area contributed by atoms with Crippen LogP contribution >= 0.6 is 0 Å². The van der Waals surface area contributed by atoms with Crippen molar-refractivity contribution in [2.45, 2.75) is 30.4 Å². The summed E-state index contributed by atoms with van der Waals surface area (Å²) >= 11 is 0. The van der Waals surface area contributed by atoms with Gasteiger partial charge in [-0.05, 0) is 42.7 Å². The zero-order valence-corrected chi connectivity index (χ0v) is 19.1. The van der Waals surface area contributed by atoms with Crippen LogP contribution in [0.15, 0.2) is 53.4 Å². The van der Waals surface area contributed by atoms with Crippen LogP contribution in [0.2, 0.25) is 0 Å². The van der Waals surface area contributed by atoms with Crippen molar-refractivity contribution in [3.8, 4) is 0 Å². The molecule has 1 atom stereocenters. The fraction of sp³-hybridized carbons (Fsp3) is 0.261. The van der Waals surface area contributed by atoms with Crippen molar-refractivity contribution < 1.29 is 17.9 Å². The number of aromatic nitrogens is 3. The summed E-state index contributed by atoms with van der Waals surface area (Å²) in [5.41, 5.74) is 9.70. The average Bonchev–Trinajstić information content (AvgIpc) is 3.42. The molecule has 0 spiro atoms. The van der Waals surface area contributed by atoms with Crippen LogP contribution in [0.25, 0.3) is 22.2 Å². The molecule has 1 fully saturated rings. The van der Waals surface area contributed by atoms with Crippen LogP contribution < -0.4 is 16.2 Å². The first-order valence-corrected chi connectivity index (χ1v) is 12.4. The molecule has 5 N–H and O–H groups in total. The van der Waals surface area contributed by atoms with E-state index in [4.69, 9.17) is 25.6 Å². The SMILES string of the molecule is Nc1c(C(=O)NCC2CCCO2)c2nc3ccccc3nc2n1Cc1ccc(S(N)(=O)=O)cc1. The number of nitrogens with one attached hydrogen (secondary N) is 1. The minimum absolute atomic E-state index is 0.0113. The van der Waals surface area contributed by atoms with E-state index in [-0.39, 0.29) is 34.8 Å². The minimum Gasteiger partial charge on any atom is -0.384 e. The number of benzene rings is 2. The maximum atomic E-state index is 13.2. The van der Waals surface area contributed by atoms with Gasteiger partial charge in [0.2, 0.25) is 10.0 Å². The number of nitrogen functional groups attached to an aromatic ring is 1. The Balaban J connectivity index is 1.57. The molecule has 34 heavy (non-hydrogen) atoms. The monoisotopic (exact) mass is 480 g/mol. The van der Waals surface area contributed by atoms with Gasteiger partial charge >= 0.3 is 0 Å². The standard InChI is InChI=1S/C23H24N6O4S/c24-21-19(23(30)26-12-15-4-3-11-33-15)20-22(28-18-6-2-1-5-17(18)27-20)29(21)13-14-7-9-16(10-8-14)34(25,31)32/h1-2,5-10,15H,3-4,11-13,24H2,(H,26,30)(H2,25,31,32). The lowest BCUT2D eigenvalue weighted by atomic mass is 10.2. The summed E-state index contributed by atoms with van der Waals surface area (Å²) in [5, 5.41) is 8.11. The number of fused-ring (bicyclic) bond motifs is 2. The van der Waals surface area contributed by atoms with Gasteiger partial charge in [-0.1, -0.05) is 24.3 Å². The van der Waals surface area contributed by atoms with Gasteiger partial charge < -0.3 is 20.4 Å². The minimum atomic E-state index is -3.80. The number of amides is 1. The lowest BCUT2D eigenvalue weighted by molar-refractivity contribution is 0.0859. The van der Waals surface area contributed by atoms with E-state index in [1.54, 1.807) is 16.7 Å². The smallest absolute Gasteiger partial charge is 0.257 e. The molecular weight excluding hydrogens is 456 g/mol. The van der Waals surface area contributed by atoms with E-state index in [0.717, 1.165) is 18.4 Å². The van der Waals surface area contributed by atoms with Crippen molar-refractivity contribution in [1.82, 2.24) is 19.9 Å². The summed E-state index contributed by atoms with van der Waals surface area (Å²) in [4.78, 5) is 22.6.